The average molecular weight is 258 g/mol. The van der Waals surface area contributed by atoms with Gasteiger partial charge < -0.3 is 10.2 Å². The molecule has 3 nitrogen and oxygen atoms in total. The number of rotatable bonds is 1. The Labute approximate surface area is 115 Å². The van der Waals surface area contributed by atoms with Crippen LogP contribution in [-0.4, -0.2) is 37.0 Å². The van der Waals surface area contributed by atoms with Crippen LogP contribution < -0.4 is 5.32 Å². The van der Waals surface area contributed by atoms with Crippen LogP contribution in [0.2, 0.25) is 0 Å². The molecule has 0 bridgehead atoms. The van der Waals surface area contributed by atoms with E-state index in [1.807, 2.05) is 23.1 Å². The summed E-state index contributed by atoms with van der Waals surface area (Å²) < 4.78 is 0. The lowest BCUT2D eigenvalue weighted by atomic mass is 9.86. The maximum atomic E-state index is 12.6. The topological polar surface area (TPSA) is 32.3 Å². The van der Waals surface area contributed by atoms with Crippen LogP contribution in [0.25, 0.3) is 0 Å². The molecule has 2 aliphatic heterocycles. The zero-order chi connectivity index (χ0) is 13.5. The van der Waals surface area contributed by atoms with Gasteiger partial charge in [0, 0.05) is 30.6 Å². The van der Waals surface area contributed by atoms with Crippen LogP contribution >= 0.6 is 0 Å². The number of amides is 1. The second kappa shape index (κ2) is 4.64. The molecule has 0 aliphatic carbocycles. The molecule has 19 heavy (non-hydrogen) atoms. The summed E-state index contributed by atoms with van der Waals surface area (Å²) in [7, 11) is 0. The molecule has 0 radical (unpaired) electrons. The molecular formula is C16H22N2O. The van der Waals surface area contributed by atoms with Crippen LogP contribution in [0.3, 0.4) is 0 Å². The van der Waals surface area contributed by atoms with Crippen molar-refractivity contribution in [2.75, 3.05) is 26.2 Å². The van der Waals surface area contributed by atoms with Crippen molar-refractivity contribution >= 4 is 5.91 Å². The number of carbonyl (C=O) groups is 1. The average Bonchev–Trinajstić information content (AvgIpc) is 3.03. The SMILES string of the molecule is Cc1ccc(C(=O)N2CCC3(CCNC3)C2)cc1C. The Morgan fingerprint density at radius 3 is 2.79 bits per heavy atom. The van der Waals surface area contributed by atoms with E-state index >= 15 is 0 Å². The number of aryl methyl sites for hydroxylation is 2. The van der Waals surface area contributed by atoms with Gasteiger partial charge in [-0.05, 0) is 56.5 Å². The highest BCUT2D eigenvalue weighted by Gasteiger charge is 2.41. The van der Waals surface area contributed by atoms with Crippen molar-refractivity contribution in [1.82, 2.24) is 10.2 Å². The highest BCUT2D eigenvalue weighted by atomic mass is 16.2. The molecule has 2 saturated heterocycles. The van der Waals surface area contributed by atoms with Gasteiger partial charge in [0.05, 0.1) is 0 Å². The molecule has 2 fully saturated rings. The van der Waals surface area contributed by atoms with Gasteiger partial charge in [-0.15, -0.1) is 0 Å². The van der Waals surface area contributed by atoms with Gasteiger partial charge in [0.1, 0.15) is 0 Å². The van der Waals surface area contributed by atoms with Crippen LogP contribution in [-0.2, 0) is 0 Å². The van der Waals surface area contributed by atoms with E-state index in [-0.39, 0.29) is 5.91 Å². The first-order chi connectivity index (χ1) is 9.10. The van der Waals surface area contributed by atoms with Crippen LogP contribution in [0.5, 0.6) is 0 Å². The van der Waals surface area contributed by atoms with E-state index in [0.717, 1.165) is 38.2 Å². The molecule has 0 aromatic heterocycles. The summed E-state index contributed by atoms with van der Waals surface area (Å²) >= 11 is 0. The molecule has 2 aliphatic rings. The van der Waals surface area contributed by atoms with Crippen molar-refractivity contribution in [3.05, 3.63) is 34.9 Å². The summed E-state index contributed by atoms with van der Waals surface area (Å²) in [6.07, 6.45) is 2.36. The first-order valence-electron chi connectivity index (χ1n) is 7.17. The molecule has 1 unspecified atom stereocenters. The van der Waals surface area contributed by atoms with Gasteiger partial charge in [-0.1, -0.05) is 6.07 Å². The summed E-state index contributed by atoms with van der Waals surface area (Å²) in [4.78, 5) is 14.6. The van der Waals surface area contributed by atoms with Crippen LogP contribution in [0.1, 0.15) is 34.3 Å². The Bertz CT molecular complexity index is 503. The highest BCUT2D eigenvalue weighted by Crippen LogP contribution is 2.36. The first kappa shape index (κ1) is 12.7. The minimum absolute atomic E-state index is 0.201. The third-order valence-corrected chi connectivity index (χ3v) is 4.81. The molecule has 1 aromatic rings. The summed E-state index contributed by atoms with van der Waals surface area (Å²) in [6, 6.07) is 6.03. The van der Waals surface area contributed by atoms with E-state index in [1.54, 1.807) is 0 Å². The van der Waals surface area contributed by atoms with E-state index in [1.165, 1.54) is 17.5 Å². The minimum Gasteiger partial charge on any atom is -0.338 e. The van der Waals surface area contributed by atoms with E-state index < -0.39 is 0 Å². The summed E-state index contributed by atoms with van der Waals surface area (Å²) in [6.45, 7) is 8.16. The lowest BCUT2D eigenvalue weighted by Crippen LogP contribution is -2.33. The standard InChI is InChI=1S/C16H22N2O/c1-12-3-4-14(9-13(12)2)15(19)18-8-6-16(11-18)5-7-17-10-16/h3-4,9,17H,5-8,10-11H2,1-2H3. The molecule has 3 rings (SSSR count). The minimum atomic E-state index is 0.201. The van der Waals surface area contributed by atoms with Gasteiger partial charge >= 0.3 is 0 Å². The Hall–Kier alpha value is -1.35. The maximum absolute atomic E-state index is 12.6. The number of nitrogens with zero attached hydrogens (tertiary/aromatic N) is 1. The molecule has 1 spiro atoms. The highest BCUT2D eigenvalue weighted by molar-refractivity contribution is 5.94. The number of benzene rings is 1. The molecule has 0 saturated carbocycles. The van der Waals surface area contributed by atoms with Gasteiger partial charge in [-0.3, -0.25) is 4.79 Å². The van der Waals surface area contributed by atoms with Crippen molar-refractivity contribution in [1.29, 1.82) is 0 Å². The fourth-order valence-electron chi connectivity index (χ4n) is 3.31. The molecule has 1 N–H and O–H groups in total. The predicted octanol–water partition coefficient (Wildman–Crippen LogP) is 2.13. The molecule has 2 heterocycles. The Morgan fingerprint density at radius 1 is 1.26 bits per heavy atom. The lowest BCUT2D eigenvalue weighted by molar-refractivity contribution is 0.0775. The monoisotopic (exact) mass is 258 g/mol. The smallest absolute Gasteiger partial charge is 0.253 e. The molecule has 1 atom stereocenters. The Morgan fingerprint density at radius 2 is 2.11 bits per heavy atom. The van der Waals surface area contributed by atoms with Crippen molar-refractivity contribution < 1.29 is 4.79 Å². The third kappa shape index (κ3) is 2.27. The quantitative estimate of drug-likeness (QED) is 0.837. The molecule has 1 aromatic carbocycles. The van der Waals surface area contributed by atoms with E-state index in [4.69, 9.17) is 0 Å². The van der Waals surface area contributed by atoms with E-state index in [0.29, 0.717) is 5.41 Å². The molecular weight excluding hydrogens is 236 g/mol. The van der Waals surface area contributed by atoms with Crippen molar-refractivity contribution in [3.63, 3.8) is 0 Å². The number of carbonyl (C=O) groups excluding carboxylic acids is 1. The predicted molar refractivity (Wildman–Crippen MR) is 76.4 cm³/mol. The Kier molecular flexibility index (Phi) is 3.09. The normalized spacial score (nSPS) is 26.3. The summed E-state index contributed by atoms with van der Waals surface area (Å²) in [5, 5.41) is 3.43. The maximum Gasteiger partial charge on any atom is 0.253 e. The second-order valence-corrected chi connectivity index (χ2v) is 6.20. The van der Waals surface area contributed by atoms with E-state index in [2.05, 4.69) is 19.2 Å². The van der Waals surface area contributed by atoms with Gasteiger partial charge in [-0.2, -0.15) is 0 Å². The van der Waals surface area contributed by atoms with E-state index in [9.17, 15) is 4.79 Å². The fourth-order valence-corrected chi connectivity index (χ4v) is 3.31. The van der Waals surface area contributed by atoms with Crippen molar-refractivity contribution in [2.45, 2.75) is 26.7 Å². The van der Waals surface area contributed by atoms with Gasteiger partial charge in [0.2, 0.25) is 0 Å². The second-order valence-electron chi connectivity index (χ2n) is 6.20. The van der Waals surface area contributed by atoms with Crippen LogP contribution in [0, 0.1) is 19.3 Å². The number of likely N-dealkylation sites (tertiary alicyclic amines) is 1. The largest absolute Gasteiger partial charge is 0.338 e. The van der Waals surface area contributed by atoms with Crippen molar-refractivity contribution in [3.8, 4) is 0 Å². The first-order valence-corrected chi connectivity index (χ1v) is 7.17. The number of hydrogen-bond acceptors (Lipinski definition) is 2. The van der Waals surface area contributed by atoms with Gasteiger partial charge in [0.25, 0.3) is 5.91 Å². The number of hydrogen-bond donors (Lipinski definition) is 1. The third-order valence-electron chi connectivity index (χ3n) is 4.81. The van der Waals surface area contributed by atoms with Crippen LogP contribution in [0.15, 0.2) is 18.2 Å². The van der Waals surface area contributed by atoms with Gasteiger partial charge in [0.15, 0.2) is 0 Å². The summed E-state index contributed by atoms with van der Waals surface area (Å²) in [5.41, 5.74) is 3.64. The number of nitrogens with one attached hydrogen (secondary N) is 1. The van der Waals surface area contributed by atoms with Crippen LogP contribution in [0.4, 0.5) is 0 Å². The van der Waals surface area contributed by atoms with Gasteiger partial charge in [-0.25, -0.2) is 0 Å². The molecule has 3 heteroatoms. The zero-order valence-corrected chi connectivity index (χ0v) is 11.8. The summed E-state index contributed by atoms with van der Waals surface area (Å²) in [5.74, 6) is 0.201. The zero-order valence-electron chi connectivity index (χ0n) is 11.8. The Balaban J connectivity index is 1.76. The molecule has 1 amide bonds. The fraction of sp³-hybridized carbons (Fsp3) is 0.562. The molecule has 102 valence electrons. The lowest BCUT2D eigenvalue weighted by Gasteiger charge is -2.23. The van der Waals surface area contributed by atoms with Crippen molar-refractivity contribution in [2.24, 2.45) is 5.41 Å².